The lowest BCUT2D eigenvalue weighted by atomic mass is 10.1. The van der Waals surface area contributed by atoms with Crippen molar-refractivity contribution in [2.45, 2.75) is 45.3 Å². The molecule has 9 nitrogen and oxygen atoms in total. The number of nitrogens with one attached hydrogen (secondary N) is 1. The van der Waals surface area contributed by atoms with Gasteiger partial charge in [0.1, 0.15) is 23.1 Å². The zero-order valence-corrected chi connectivity index (χ0v) is 21.5. The summed E-state index contributed by atoms with van der Waals surface area (Å²) in [6.07, 6.45) is 1.92. The lowest BCUT2D eigenvalue weighted by molar-refractivity contribution is -0.121. The minimum atomic E-state index is -0.220. The Morgan fingerprint density at radius 3 is 2.39 bits per heavy atom. The number of ether oxygens (including phenoxy) is 3. The molecule has 0 unspecified atom stereocenters. The molecule has 4 rings (SSSR count). The smallest absolute Gasteiger partial charge is 0.220 e. The fourth-order valence-corrected chi connectivity index (χ4v) is 4.61. The Balaban J connectivity index is 1.39. The highest BCUT2D eigenvalue weighted by atomic mass is 16.5. The highest BCUT2D eigenvalue weighted by Gasteiger charge is 2.24. The van der Waals surface area contributed by atoms with E-state index in [0.717, 1.165) is 60.3 Å². The average Bonchev–Trinajstić information content (AvgIpc) is 3.21. The second kappa shape index (κ2) is 11.9. The van der Waals surface area contributed by atoms with Gasteiger partial charge in [0.25, 0.3) is 0 Å². The number of aryl methyl sites for hydroxylation is 1. The third-order valence-electron chi connectivity index (χ3n) is 6.59. The molecule has 1 N–H and O–H groups in total. The molecule has 0 spiro atoms. The Bertz CT molecular complexity index is 1140. The molecule has 0 bridgehead atoms. The van der Waals surface area contributed by atoms with Crippen LogP contribution in [0.2, 0.25) is 0 Å². The van der Waals surface area contributed by atoms with Crippen molar-refractivity contribution in [2.24, 2.45) is 0 Å². The van der Waals surface area contributed by atoms with Crippen LogP contribution in [0.1, 0.15) is 42.2 Å². The highest BCUT2D eigenvalue weighted by Crippen LogP contribution is 2.35. The lowest BCUT2D eigenvalue weighted by Gasteiger charge is -2.23. The summed E-state index contributed by atoms with van der Waals surface area (Å²) in [4.78, 5) is 14.9. The van der Waals surface area contributed by atoms with Gasteiger partial charge < -0.3 is 24.1 Å². The second-order valence-corrected chi connectivity index (χ2v) is 8.94. The third-order valence-corrected chi connectivity index (χ3v) is 6.59. The summed E-state index contributed by atoms with van der Waals surface area (Å²) in [6, 6.07) is 13.6. The summed E-state index contributed by atoms with van der Waals surface area (Å²) in [6.45, 7) is 5.02. The largest absolute Gasteiger partial charge is 0.496 e. The fourth-order valence-electron chi connectivity index (χ4n) is 4.61. The molecular formula is C27H35N5O4. The molecule has 36 heavy (non-hydrogen) atoms. The van der Waals surface area contributed by atoms with Gasteiger partial charge in [-0.15, -0.1) is 10.2 Å². The van der Waals surface area contributed by atoms with Gasteiger partial charge in [0.15, 0.2) is 5.82 Å². The van der Waals surface area contributed by atoms with Gasteiger partial charge in [-0.1, -0.05) is 30.3 Å². The Morgan fingerprint density at radius 2 is 1.72 bits per heavy atom. The van der Waals surface area contributed by atoms with Gasteiger partial charge in [-0.05, 0) is 18.9 Å². The topological polar surface area (TPSA) is 90.7 Å². The SMILES string of the molecule is COc1cc(OC)c(CN2CCc3nnc([C@H](C)NC(=O)CCc4ccccc4)n3CC2)c(OC)c1. The Hall–Kier alpha value is -3.59. The third kappa shape index (κ3) is 5.96. The van der Waals surface area contributed by atoms with Crippen LogP contribution in [0.3, 0.4) is 0 Å². The number of carbonyl (C=O) groups excluding carboxylic acids is 1. The van der Waals surface area contributed by atoms with E-state index in [4.69, 9.17) is 14.2 Å². The molecule has 1 amide bonds. The minimum absolute atomic E-state index is 0.0117. The van der Waals surface area contributed by atoms with Crippen LogP contribution in [0.5, 0.6) is 17.2 Å². The number of benzene rings is 2. The molecule has 0 radical (unpaired) electrons. The van der Waals surface area contributed by atoms with Crippen LogP contribution in [0, 0.1) is 0 Å². The van der Waals surface area contributed by atoms with E-state index in [-0.39, 0.29) is 11.9 Å². The molecule has 2 heterocycles. The molecule has 2 aromatic carbocycles. The van der Waals surface area contributed by atoms with E-state index >= 15 is 0 Å². The van der Waals surface area contributed by atoms with Gasteiger partial charge >= 0.3 is 0 Å². The molecule has 9 heteroatoms. The van der Waals surface area contributed by atoms with Crippen molar-refractivity contribution in [1.82, 2.24) is 25.0 Å². The van der Waals surface area contributed by atoms with Crippen molar-refractivity contribution >= 4 is 5.91 Å². The summed E-state index contributed by atoms with van der Waals surface area (Å²) in [5.74, 6) is 3.91. The molecular weight excluding hydrogens is 458 g/mol. The maximum absolute atomic E-state index is 12.6. The number of amides is 1. The number of hydrogen-bond donors (Lipinski definition) is 1. The summed E-state index contributed by atoms with van der Waals surface area (Å²) < 4.78 is 18.8. The molecule has 1 aromatic heterocycles. The van der Waals surface area contributed by atoms with Crippen LogP contribution in [0.15, 0.2) is 42.5 Å². The summed E-state index contributed by atoms with van der Waals surface area (Å²) in [5, 5.41) is 12.0. The van der Waals surface area contributed by atoms with Gasteiger partial charge in [-0.2, -0.15) is 0 Å². The first kappa shape index (κ1) is 25.5. The van der Waals surface area contributed by atoms with Crippen LogP contribution in [0.4, 0.5) is 0 Å². The highest BCUT2D eigenvalue weighted by molar-refractivity contribution is 5.76. The lowest BCUT2D eigenvalue weighted by Crippen LogP contribution is -2.30. The van der Waals surface area contributed by atoms with E-state index < -0.39 is 0 Å². The standard InChI is InChI=1S/C27H35N5O4/c1-19(28-26(33)11-10-20-8-6-5-7-9-20)27-30-29-25-12-13-31(14-15-32(25)27)18-22-23(35-3)16-21(34-2)17-24(22)36-4/h5-9,16-17,19H,10-15,18H2,1-4H3,(H,28,33)/t19-/m0/s1. The van der Waals surface area contributed by atoms with Crippen molar-refractivity contribution in [3.05, 3.63) is 65.2 Å². The summed E-state index contributed by atoms with van der Waals surface area (Å²) in [7, 11) is 4.94. The number of carbonyl (C=O) groups is 1. The van der Waals surface area contributed by atoms with E-state index in [9.17, 15) is 4.79 Å². The molecule has 3 aromatic rings. The number of hydrogen-bond acceptors (Lipinski definition) is 7. The van der Waals surface area contributed by atoms with E-state index in [1.807, 2.05) is 49.4 Å². The molecule has 1 aliphatic heterocycles. The number of fused-ring (bicyclic) bond motifs is 1. The van der Waals surface area contributed by atoms with Crippen molar-refractivity contribution in [3.8, 4) is 17.2 Å². The van der Waals surface area contributed by atoms with E-state index in [2.05, 4.69) is 25.0 Å². The van der Waals surface area contributed by atoms with Crippen LogP contribution in [-0.4, -0.2) is 60.0 Å². The molecule has 0 saturated heterocycles. The maximum Gasteiger partial charge on any atom is 0.220 e. The monoisotopic (exact) mass is 493 g/mol. The number of nitrogens with zero attached hydrogens (tertiary/aromatic N) is 4. The van der Waals surface area contributed by atoms with Crippen LogP contribution >= 0.6 is 0 Å². The fraction of sp³-hybridized carbons (Fsp3) is 0.444. The van der Waals surface area contributed by atoms with E-state index in [0.29, 0.717) is 25.1 Å². The normalized spacial score (nSPS) is 14.4. The molecule has 0 aliphatic carbocycles. The van der Waals surface area contributed by atoms with Gasteiger partial charge in [0, 0.05) is 51.2 Å². The molecule has 0 saturated carbocycles. The van der Waals surface area contributed by atoms with Crippen molar-refractivity contribution < 1.29 is 19.0 Å². The first-order chi connectivity index (χ1) is 17.5. The molecule has 192 valence electrons. The Kier molecular flexibility index (Phi) is 8.43. The summed E-state index contributed by atoms with van der Waals surface area (Å²) in [5.41, 5.74) is 2.14. The number of methoxy groups -OCH3 is 3. The molecule has 1 aliphatic rings. The Morgan fingerprint density at radius 1 is 1.00 bits per heavy atom. The number of aromatic nitrogens is 3. The van der Waals surface area contributed by atoms with Gasteiger partial charge in [0.2, 0.25) is 5.91 Å². The maximum atomic E-state index is 12.6. The van der Waals surface area contributed by atoms with Crippen LogP contribution in [-0.2, 0) is 30.7 Å². The van der Waals surface area contributed by atoms with E-state index in [1.165, 1.54) is 0 Å². The number of rotatable bonds is 10. The average molecular weight is 494 g/mol. The van der Waals surface area contributed by atoms with Crippen molar-refractivity contribution in [2.75, 3.05) is 34.4 Å². The van der Waals surface area contributed by atoms with Crippen molar-refractivity contribution in [3.63, 3.8) is 0 Å². The Labute approximate surface area is 212 Å². The first-order valence-electron chi connectivity index (χ1n) is 12.3. The van der Waals surface area contributed by atoms with Gasteiger partial charge in [-0.3, -0.25) is 9.69 Å². The van der Waals surface area contributed by atoms with Crippen molar-refractivity contribution in [1.29, 1.82) is 0 Å². The molecule has 1 atom stereocenters. The van der Waals surface area contributed by atoms with Gasteiger partial charge in [0.05, 0.1) is 32.9 Å². The van der Waals surface area contributed by atoms with Crippen LogP contribution < -0.4 is 19.5 Å². The molecule has 0 fully saturated rings. The van der Waals surface area contributed by atoms with Crippen LogP contribution in [0.25, 0.3) is 0 Å². The zero-order chi connectivity index (χ0) is 25.5. The first-order valence-corrected chi connectivity index (χ1v) is 12.3. The van der Waals surface area contributed by atoms with E-state index in [1.54, 1.807) is 21.3 Å². The predicted molar refractivity (Wildman–Crippen MR) is 136 cm³/mol. The second-order valence-electron chi connectivity index (χ2n) is 8.94. The van der Waals surface area contributed by atoms with Gasteiger partial charge in [-0.25, -0.2) is 0 Å². The zero-order valence-electron chi connectivity index (χ0n) is 21.5. The quantitative estimate of drug-likeness (QED) is 0.464. The minimum Gasteiger partial charge on any atom is -0.496 e. The predicted octanol–water partition coefficient (Wildman–Crippen LogP) is 3.17. The summed E-state index contributed by atoms with van der Waals surface area (Å²) >= 11 is 0.